The summed E-state index contributed by atoms with van der Waals surface area (Å²) in [5, 5.41) is 3.51. The Hall–Kier alpha value is -0.450. The SMILES string of the molecule is CC(C)N1CCCC1Cc1nc(CCCN)cs1. The highest BCUT2D eigenvalue weighted by Crippen LogP contribution is 2.24. The molecule has 18 heavy (non-hydrogen) atoms. The Morgan fingerprint density at radius 1 is 1.56 bits per heavy atom. The molecule has 102 valence electrons. The average Bonchev–Trinajstić information content (AvgIpc) is 2.96. The lowest BCUT2D eigenvalue weighted by Gasteiger charge is -2.27. The third kappa shape index (κ3) is 3.53. The Kier molecular flexibility index (Phi) is 5.15. The van der Waals surface area contributed by atoms with Gasteiger partial charge < -0.3 is 5.73 Å². The summed E-state index contributed by atoms with van der Waals surface area (Å²) in [5.74, 6) is 0. The van der Waals surface area contributed by atoms with Gasteiger partial charge in [0.15, 0.2) is 0 Å². The predicted molar refractivity (Wildman–Crippen MR) is 78.1 cm³/mol. The normalized spacial score (nSPS) is 21.0. The Balaban J connectivity index is 1.90. The summed E-state index contributed by atoms with van der Waals surface area (Å²) in [6.45, 7) is 6.62. The van der Waals surface area contributed by atoms with Crippen LogP contribution in [0.2, 0.25) is 0 Å². The second-order valence-electron chi connectivity index (χ2n) is 5.46. The molecule has 0 amide bonds. The average molecular weight is 267 g/mol. The summed E-state index contributed by atoms with van der Waals surface area (Å²) in [4.78, 5) is 7.37. The maximum Gasteiger partial charge on any atom is 0.0943 e. The van der Waals surface area contributed by atoms with Crippen LogP contribution in [0.15, 0.2) is 5.38 Å². The number of thiazole rings is 1. The van der Waals surface area contributed by atoms with Crippen LogP contribution >= 0.6 is 11.3 Å². The van der Waals surface area contributed by atoms with Gasteiger partial charge in [0, 0.05) is 23.9 Å². The lowest BCUT2D eigenvalue weighted by Crippen LogP contribution is -2.36. The van der Waals surface area contributed by atoms with Crippen molar-refractivity contribution in [3.05, 3.63) is 16.1 Å². The zero-order chi connectivity index (χ0) is 13.0. The highest BCUT2D eigenvalue weighted by Gasteiger charge is 2.27. The van der Waals surface area contributed by atoms with Gasteiger partial charge in [0.2, 0.25) is 0 Å². The number of aryl methyl sites for hydroxylation is 1. The van der Waals surface area contributed by atoms with Crippen molar-refractivity contribution in [2.24, 2.45) is 5.73 Å². The minimum Gasteiger partial charge on any atom is -0.330 e. The molecule has 0 saturated carbocycles. The number of nitrogens with two attached hydrogens (primary N) is 1. The molecule has 0 radical (unpaired) electrons. The summed E-state index contributed by atoms with van der Waals surface area (Å²) < 4.78 is 0. The highest BCUT2D eigenvalue weighted by molar-refractivity contribution is 7.09. The Morgan fingerprint density at radius 3 is 3.11 bits per heavy atom. The fraction of sp³-hybridized carbons (Fsp3) is 0.786. The number of likely N-dealkylation sites (tertiary alicyclic amines) is 1. The lowest BCUT2D eigenvalue weighted by atomic mass is 10.1. The van der Waals surface area contributed by atoms with Crippen LogP contribution in [0.3, 0.4) is 0 Å². The molecule has 0 aromatic carbocycles. The molecule has 1 fully saturated rings. The van der Waals surface area contributed by atoms with E-state index >= 15 is 0 Å². The first-order chi connectivity index (χ1) is 8.70. The molecule has 4 heteroatoms. The fourth-order valence-corrected chi connectivity index (χ4v) is 3.70. The summed E-state index contributed by atoms with van der Waals surface area (Å²) in [5.41, 5.74) is 6.77. The van der Waals surface area contributed by atoms with Crippen LogP contribution in [0.1, 0.15) is 43.8 Å². The van der Waals surface area contributed by atoms with Crippen LogP contribution in [0.4, 0.5) is 0 Å². The van der Waals surface area contributed by atoms with Gasteiger partial charge in [0.05, 0.1) is 10.7 Å². The van der Waals surface area contributed by atoms with E-state index in [1.807, 2.05) is 11.3 Å². The molecule has 1 aromatic rings. The monoisotopic (exact) mass is 267 g/mol. The van der Waals surface area contributed by atoms with E-state index in [1.54, 1.807) is 0 Å². The maximum absolute atomic E-state index is 5.54. The van der Waals surface area contributed by atoms with Crippen LogP contribution in [-0.4, -0.2) is 35.1 Å². The Labute approximate surface area is 114 Å². The smallest absolute Gasteiger partial charge is 0.0943 e. The van der Waals surface area contributed by atoms with E-state index in [1.165, 1.54) is 30.1 Å². The van der Waals surface area contributed by atoms with Gasteiger partial charge in [-0.05, 0) is 52.6 Å². The van der Waals surface area contributed by atoms with Gasteiger partial charge in [0.25, 0.3) is 0 Å². The lowest BCUT2D eigenvalue weighted by molar-refractivity contribution is 0.202. The third-order valence-electron chi connectivity index (χ3n) is 3.73. The zero-order valence-electron chi connectivity index (χ0n) is 11.6. The minimum absolute atomic E-state index is 0.661. The number of nitrogens with zero attached hydrogens (tertiary/aromatic N) is 2. The van der Waals surface area contributed by atoms with E-state index in [2.05, 4.69) is 24.1 Å². The van der Waals surface area contributed by atoms with Crippen LogP contribution in [0, 0.1) is 0 Å². The van der Waals surface area contributed by atoms with Gasteiger partial charge in [-0.15, -0.1) is 11.3 Å². The molecule has 1 unspecified atom stereocenters. The highest BCUT2D eigenvalue weighted by atomic mass is 32.1. The van der Waals surface area contributed by atoms with Crippen molar-refractivity contribution >= 4 is 11.3 Å². The Morgan fingerprint density at radius 2 is 2.39 bits per heavy atom. The van der Waals surface area contributed by atoms with Gasteiger partial charge in [-0.2, -0.15) is 0 Å². The molecule has 0 bridgehead atoms. The van der Waals surface area contributed by atoms with Crippen molar-refractivity contribution < 1.29 is 0 Å². The summed E-state index contributed by atoms with van der Waals surface area (Å²) >= 11 is 1.82. The second kappa shape index (κ2) is 6.64. The van der Waals surface area contributed by atoms with E-state index < -0.39 is 0 Å². The van der Waals surface area contributed by atoms with Crippen LogP contribution in [0.5, 0.6) is 0 Å². The minimum atomic E-state index is 0.661. The van der Waals surface area contributed by atoms with Crippen molar-refractivity contribution in [1.82, 2.24) is 9.88 Å². The number of hydrogen-bond donors (Lipinski definition) is 1. The van der Waals surface area contributed by atoms with Crippen molar-refractivity contribution in [3.63, 3.8) is 0 Å². The van der Waals surface area contributed by atoms with Crippen molar-refractivity contribution in [2.75, 3.05) is 13.1 Å². The largest absolute Gasteiger partial charge is 0.330 e. The van der Waals surface area contributed by atoms with Crippen molar-refractivity contribution in [1.29, 1.82) is 0 Å². The van der Waals surface area contributed by atoms with E-state index in [-0.39, 0.29) is 0 Å². The molecule has 3 nitrogen and oxygen atoms in total. The Bertz CT molecular complexity index is 362. The summed E-state index contributed by atoms with van der Waals surface area (Å²) in [7, 11) is 0. The van der Waals surface area contributed by atoms with E-state index in [4.69, 9.17) is 10.7 Å². The quantitative estimate of drug-likeness (QED) is 0.861. The number of rotatable bonds is 6. The van der Waals surface area contributed by atoms with Crippen LogP contribution in [0.25, 0.3) is 0 Å². The van der Waals surface area contributed by atoms with Crippen molar-refractivity contribution in [3.8, 4) is 0 Å². The van der Waals surface area contributed by atoms with Gasteiger partial charge in [-0.1, -0.05) is 0 Å². The number of hydrogen-bond acceptors (Lipinski definition) is 4. The van der Waals surface area contributed by atoms with E-state index in [0.717, 1.165) is 25.8 Å². The van der Waals surface area contributed by atoms with Crippen molar-refractivity contribution in [2.45, 2.75) is 58.0 Å². The zero-order valence-corrected chi connectivity index (χ0v) is 12.4. The van der Waals surface area contributed by atoms with Crippen LogP contribution < -0.4 is 5.73 Å². The second-order valence-corrected chi connectivity index (χ2v) is 6.40. The molecule has 1 aromatic heterocycles. The summed E-state index contributed by atoms with van der Waals surface area (Å²) in [6.07, 6.45) is 5.88. The maximum atomic E-state index is 5.54. The molecule has 0 aliphatic carbocycles. The molecule has 2 heterocycles. The van der Waals surface area contributed by atoms with E-state index in [9.17, 15) is 0 Å². The van der Waals surface area contributed by atoms with Gasteiger partial charge in [-0.25, -0.2) is 4.98 Å². The third-order valence-corrected chi connectivity index (χ3v) is 4.65. The molecule has 1 saturated heterocycles. The van der Waals surface area contributed by atoms with E-state index in [0.29, 0.717) is 12.1 Å². The molecule has 1 atom stereocenters. The first kappa shape index (κ1) is 14.0. The van der Waals surface area contributed by atoms with Crippen LogP contribution in [-0.2, 0) is 12.8 Å². The van der Waals surface area contributed by atoms with Gasteiger partial charge in [-0.3, -0.25) is 4.90 Å². The fourth-order valence-electron chi connectivity index (χ4n) is 2.80. The molecule has 0 spiro atoms. The summed E-state index contributed by atoms with van der Waals surface area (Å²) in [6, 6.07) is 1.37. The molecule has 1 aliphatic heterocycles. The standard InChI is InChI=1S/C14H25N3S/c1-11(2)17-8-4-6-13(17)9-14-16-12(10-18-14)5-3-7-15/h10-11,13H,3-9,15H2,1-2H3. The number of aromatic nitrogens is 1. The predicted octanol–water partition coefficient (Wildman–Crippen LogP) is 2.45. The first-order valence-electron chi connectivity index (χ1n) is 7.09. The molecule has 1 aliphatic rings. The topological polar surface area (TPSA) is 42.2 Å². The molecular weight excluding hydrogens is 242 g/mol. The van der Waals surface area contributed by atoms with Gasteiger partial charge in [0.1, 0.15) is 0 Å². The van der Waals surface area contributed by atoms with Gasteiger partial charge >= 0.3 is 0 Å². The molecular formula is C14H25N3S. The molecule has 2 N–H and O–H groups in total. The molecule has 2 rings (SSSR count). The first-order valence-corrected chi connectivity index (χ1v) is 7.97.